The molecule has 0 radical (unpaired) electrons. The van der Waals surface area contributed by atoms with E-state index in [1.54, 1.807) is 23.1 Å². The second-order valence-electron chi connectivity index (χ2n) is 5.99. The number of anilines is 1. The fraction of sp³-hybridized carbons (Fsp3) is 0.500. The quantitative estimate of drug-likeness (QED) is 0.873. The van der Waals surface area contributed by atoms with Gasteiger partial charge in [0.15, 0.2) is 0 Å². The van der Waals surface area contributed by atoms with Gasteiger partial charge in [0.25, 0.3) is 0 Å². The molecule has 1 aromatic rings. The van der Waals surface area contributed by atoms with Crippen LogP contribution in [0.4, 0.5) is 14.9 Å². The highest BCUT2D eigenvalue weighted by molar-refractivity contribution is 5.87. The predicted octanol–water partition coefficient (Wildman–Crippen LogP) is 1.17. The number of amides is 3. The number of urea groups is 1. The highest BCUT2D eigenvalue weighted by Gasteiger charge is 2.30. The number of rotatable bonds is 4. The first kappa shape index (κ1) is 17.1. The summed E-state index contributed by atoms with van der Waals surface area (Å²) in [5.74, 6) is -0.464. The zero-order chi connectivity index (χ0) is 17.0. The molecule has 1 unspecified atom stereocenters. The Morgan fingerprint density at radius 2 is 1.78 bits per heavy atom. The fourth-order valence-corrected chi connectivity index (χ4v) is 2.74. The highest BCUT2D eigenvalue weighted by Crippen LogP contribution is 2.20. The monoisotopic (exact) mass is 322 g/mol. The minimum absolute atomic E-state index is 0.0559. The van der Waals surface area contributed by atoms with Crippen LogP contribution in [0.1, 0.15) is 13.8 Å². The lowest BCUT2D eigenvalue weighted by atomic mass is 10.0. The maximum atomic E-state index is 13.8. The van der Waals surface area contributed by atoms with E-state index >= 15 is 0 Å². The summed E-state index contributed by atoms with van der Waals surface area (Å²) in [6.07, 6.45) is 0. The number of nitrogens with zero attached hydrogens (tertiary/aromatic N) is 2. The third kappa shape index (κ3) is 4.12. The summed E-state index contributed by atoms with van der Waals surface area (Å²) in [6.45, 7) is 5.78. The van der Waals surface area contributed by atoms with E-state index in [0.29, 0.717) is 31.9 Å². The van der Waals surface area contributed by atoms with Gasteiger partial charge in [-0.1, -0.05) is 26.0 Å². The lowest BCUT2D eigenvalue weighted by Crippen LogP contribution is -2.57. The Morgan fingerprint density at radius 3 is 2.30 bits per heavy atom. The smallest absolute Gasteiger partial charge is 0.312 e. The molecular formula is C16H23FN4O2. The van der Waals surface area contributed by atoms with Crippen LogP contribution in [0.5, 0.6) is 0 Å². The number of hydrogen-bond acceptors (Lipinski definition) is 3. The molecule has 1 aromatic carbocycles. The zero-order valence-corrected chi connectivity index (χ0v) is 13.5. The van der Waals surface area contributed by atoms with Crippen LogP contribution in [0.15, 0.2) is 24.3 Å². The molecule has 0 spiro atoms. The maximum absolute atomic E-state index is 13.8. The van der Waals surface area contributed by atoms with Gasteiger partial charge in [-0.2, -0.15) is 0 Å². The van der Waals surface area contributed by atoms with E-state index in [0.717, 1.165) is 0 Å². The molecule has 6 nitrogen and oxygen atoms in total. The number of nitrogens with two attached hydrogens (primary N) is 1. The van der Waals surface area contributed by atoms with Crippen molar-refractivity contribution < 1.29 is 14.0 Å². The summed E-state index contributed by atoms with van der Waals surface area (Å²) < 4.78 is 13.8. The lowest BCUT2D eigenvalue weighted by Gasteiger charge is -2.38. The van der Waals surface area contributed by atoms with E-state index in [-0.39, 0.29) is 17.6 Å². The molecule has 1 aliphatic rings. The first-order valence-corrected chi connectivity index (χ1v) is 7.74. The van der Waals surface area contributed by atoms with E-state index in [9.17, 15) is 14.0 Å². The summed E-state index contributed by atoms with van der Waals surface area (Å²) in [6, 6.07) is 5.27. The Kier molecular flexibility index (Phi) is 5.41. The molecule has 0 aromatic heterocycles. The van der Waals surface area contributed by atoms with Crippen molar-refractivity contribution in [2.24, 2.45) is 11.7 Å². The second-order valence-corrected chi connectivity index (χ2v) is 5.99. The van der Waals surface area contributed by atoms with Crippen molar-refractivity contribution in [3.8, 4) is 0 Å². The first-order chi connectivity index (χ1) is 10.9. The minimum Gasteiger partial charge on any atom is -0.366 e. The van der Waals surface area contributed by atoms with Gasteiger partial charge in [0, 0.05) is 26.2 Å². The molecule has 1 saturated heterocycles. The van der Waals surface area contributed by atoms with Crippen LogP contribution in [0.2, 0.25) is 0 Å². The van der Waals surface area contributed by atoms with Crippen LogP contribution in [0, 0.1) is 11.7 Å². The largest absolute Gasteiger partial charge is 0.366 e. The summed E-state index contributed by atoms with van der Waals surface area (Å²) in [7, 11) is 0. The van der Waals surface area contributed by atoms with Crippen LogP contribution >= 0.6 is 0 Å². The molecule has 1 fully saturated rings. The molecule has 0 aliphatic carbocycles. The Hall–Kier alpha value is -2.31. The van der Waals surface area contributed by atoms with Crippen molar-refractivity contribution in [2.75, 3.05) is 31.1 Å². The molecular weight excluding hydrogens is 299 g/mol. The molecule has 1 aliphatic heterocycles. The zero-order valence-electron chi connectivity index (χ0n) is 13.5. The molecule has 2 rings (SSSR count). The summed E-state index contributed by atoms with van der Waals surface area (Å²) in [4.78, 5) is 27.2. The number of para-hydroxylation sites is 1. The number of carbonyl (C=O) groups excluding carboxylic acids is 2. The van der Waals surface area contributed by atoms with Gasteiger partial charge < -0.3 is 20.9 Å². The van der Waals surface area contributed by atoms with Gasteiger partial charge >= 0.3 is 6.03 Å². The molecule has 0 saturated carbocycles. The number of benzene rings is 1. The number of hydrogen-bond donors (Lipinski definition) is 2. The van der Waals surface area contributed by atoms with Crippen molar-refractivity contribution in [3.63, 3.8) is 0 Å². The Morgan fingerprint density at radius 1 is 1.17 bits per heavy atom. The third-order valence-corrected chi connectivity index (χ3v) is 4.01. The van der Waals surface area contributed by atoms with Gasteiger partial charge in [-0.05, 0) is 18.1 Å². The summed E-state index contributed by atoms with van der Waals surface area (Å²) in [5, 5.41) is 2.50. The third-order valence-electron chi connectivity index (χ3n) is 4.01. The Bertz CT molecular complexity index is 571. The van der Waals surface area contributed by atoms with Gasteiger partial charge in [-0.15, -0.1) is 0 Å². The number of halogens is 1. The van der Waals surface area contributed by atoms with Crippen molar-refractivity contribution in [3.05, 3.63) is 30.1 Å². The van der Waals surface area contributed by atoms with Crippen LogP contribution in [0.3, 0.4) is 0 Å². The molecule has 1 heterocycles. The van der Waals surface area contributed by atoms with E-state index in [1.807, 2.05) is 18.7 Å². The maximum Gasteiger partial charge on any atom is 0.312 e. The fourth-order valence-electron chi connectivity index (χ4n) is 2.74. The van der Waals surface area contributed by atoms with Crippen LogP contribution in [-0.4, -0.2) is 49.1 Å². The number of piperazine rings is 1. The molecule has 1 atom stereocenters. The van der Waals surface area contributed by atoms with Crippen molar-refractivity contribution in [1.29, 1.82) is 0 Å². The van der Waals surface area contributed by atoms with Crippen molar-refractivity contribution in [2.45, 2.75) is 19.9 Å². The molecule has 0 bridgehead atoms. The van der Waals surface area contributed by atoms with Gasteiger partial charge in [-0.25, -0.2) is 9.18 Å². The normalized spacial score (nSPS) is 16.3. The van der Waals surface area contributed by atoms with Crippen LogP contribution in [0.25, 0.3) is 0 Å². The van der Waals surface area contributed by atoms with E-state index in [4.69, 9.17) is 5.73 Å². The highest BCUT2D eigenvalue weighted by atomic mass is 19.1. The van der Waals surface area contributed by atoms with E-state index < -0.39 is 12.1 Å². The molecule has 7 heteroatoms. The van der Waals surface area contributed by atoms with Gasteiger partial charge in [0.2, 0.25) is 5.91 Å². The number of primary amides is 1. The van der Waals surface area contributed by atoms with Gasteiger partial charge in [-0.3, -0.25) is 4.79 Å². The first-order valence-electron chi connectivity index (χ1n) is 7.74. The minimum atomic E-state index is -0.706. The predicted molar refractivity (Wildman–Crippen MR) is 86.5 cm³/mol. The lowest BCUT2D eigenvalue weighted by molar-refractivity contribution is -0.134. The number of carbonyl (C=O) groups is 2. The average Bonchev–Trinajstić information content (AvgIpc) is 2.52. The molecule has 3 N–H and O–H groups in total. The molecule has 3 amide bonds. The Balaban J connectivity index is 1.99. The second kappa shape index (κ2) is 7.30. The van der Waals surface area contributed by atoms with Crippen molar-refractivity contribution in [1.82, 2.24) is 10.2 Å². The standard InChI is InChI=1S/C16H23FN4O2/c1-11(2)14(19-16(18)23)15(22)21-9-7-20(8-10-21)13-6-4-3-5-12(13)17/h3-6,11,14H,7-10H2,1-2H3,(H3,18,19,23). The molecule has 126 valence electrons. The Labute approximate surface area is 135 Å². The SMILES string of the molecule is CC(C)C(NC(N)=O)C(=O)N1CCN(c2ccccc2F)CC1. The summed E-state index contributed by atoms with van der Waals surface area (Å²) >= 11 is 0. The van der Waals surface area contributed by atoms with Gasteiger partial charge in [0.05, 0.1) is 5.69 Å². The van der Waals surface area contributed by atoms with E-state index in [1.165, 1.54) is 6.07 Å². The topological polar surface area (TPSA) is 78.7 Å². The van der Waals surface area contributed by atoms with E-state index in [2.05, 4.69) is 5.32 Å². The van der Waals surface area contributed by atoms with Crippen LogP contribution < -0.4 is 16.0 Å². The number of nitrogens with one attached hydrogen (secondary N) is 1. The van der Waals surface area contributed by atoms with Gasteiger partial charge in [0.1, 0.15) is 11.9 Å². The average molecular weight is 322 g/mol. The summed E-state index contributed by atoms with van der Waals surface area (Å²) in [5.41, 5.74) is 5.69. The van der Waals surface area contributed by atoms with Crippen LogP contribution in [-0.2, 0) is 4.79 Å². The molecule has 23 heavy (non-hydrogen) atoms. The van der Waals surface area contributed by atoms with Crippen molar-refractivity contribution >= 4 is 17.6 Å².